The van der Waals surface area contributed by atoms with Crippen molar-refractivity contribution in [2.24, 2.45) is 16.2 Å². The molecule has 274 valence electrons. The van der Waals surface area contributed by atoms with Crippen molar-refractivity contribution >= 4 is 29.5 Å². The van der Waals surface area contributed by atoms with Gasteiger partial charge in [-0.05, 0) is 74.3 Å². The summed E-state index contributed by atoms with van der Waals surface area (Å²) in [5, 5.41) is 11.5. The van der Waals surface area contributed by atoms with Crippen LogP contribution in [-0.2, 0) is 19.2 Å². The third kappa shape index (κ3) is 11.3. The summed E-state index contributed by atoms with van der Waals surface area (Å²) >= 11 is 0. The van der Waals surface area contributed by atoms with Gasteiger partial charge in [-0.3, -0.25) is 19.2 Å². The van der Waals surface area contributed by atoms with E-state index < -0.39 is 41.1 Å². The van der Waals surface area contributed by atoms with Crippen LogP contribution in [-0.4, -0.2) is 96.2 Å². The normalized spacial score (nSPS) is 22.5. The number of nitrogens with zero attached hydrogens (tertiary/aromatic N) is 2. The number of carbonyl (C=O) groups is 5. The zero-order valence-corrected chi connectivity index (χ0v) is 30.9. The largest absolute Gasteiger partial charge is 0.346 e. The number of nitrogens with one attached hydrogen (secondary N) is 4. The molecule has 11 nitrogen and oxygen atoms in total. The molecule has 0 aromatic carbocycles. The summed E-state index contributed by atoms with van der Waals surface area (Å²) in [6, 6.07) is -3.32. The third-order valence-corrected chi connectivity index (χ3v) is 10.9. The van der Waals surface area contributed by atoms with E-state index in [-0.39, 0.29) is 42.8 Å². The van der Waals surface area contributed by atoms with Crippen molar-refractivity contribution in [3.05, 3.63) is 12.7 Å². The highest BCUT2D eigenvalue weighted by molar-refractivity contribution is 6.38. The maximum atomic E-state index is 14.5. The van der Waals surface area contributed by atoms with E-state index in [2.05, 4.69) is 80.2 Å². The molecule has 4 atom stereocenters. The van der Waals surface area contributed by atoms with Crippen LogP contribution in [0, 0.1) is 28.6 Å². The lowest BCUT2D eigenvalue weighted by Gasteiger charge is -2.43. The van der Waals surface area contributed by atoms with Crippen molar-refractivity contribution in [1.29, 1.82) is 0 Å². The second-order valence-corrected chi connectivity index (χ2v) is 16.5. The molecule has 5 amide bonds. The molecule has 3 fully saturated rings. The van der Waals surface area contributed by atoms with Gasteiger partial charge < -0.3 is 31.1 Å². The number of piperidine rings is 1. The van der Waals surface area contributed by atoms with Crippen molar-refractivity contribution < 1.29 is 24.0 Å². The van der Waals surface area contributed by atoms with E-state index in [0.29, 0.717) is 24.8 Å². The summed E-state index contributed by atoms with van der Waals surface area (Å²) in [5.74, 6) is 0.0307. The topological polar surface area (TPSA) is 140 Å². The van der Waals surface area contributed by atoms with Crippen LogP contribution in [0.2, 0.25) is 0 Å². The predicted octanol–water partition coefficient (Wildman–Crippen LogP) is 3.92. The van der Waals surface area contributed by atoms with Gasteiger partial charge in [0.15, 0.2) is 0 Å². The maximum absolute atomic E-state index is 14.5. The summed E-state index contributed by atoms with van der Waals surface area (Å²) < 4.78 is 0. The molecule has 3 rings (SSSR count). The number of hydrogen-bond donors (Lipinski definition) is 4. The number of terminal acetylenes is 1. The number of rotatable bonds is 14. The Bertz CT molecular complexity index is 1230. The van der Waals surface area contributed by atoms with Crippen LogP contribution < -0.4 is 21.3 Å². The Kier molecular flexibility index (Phi) is 14.3. The van der Waals surface area contributed by atoms with Crippen LogP contribution in [0.1, 0.15) is 112 Å². The van der Waals surface area contributed by atoms with Crippen molar-refractivity contribution in [2.45, 2.75) is 136 Å². The smallest absolute Gasteiger partial charge is 0.315 e. The van der Waals surface area contributed by atoms with Crippen LogP contribution in [0.3, 0.4) is 0 Å². The van der Waals surface area contributed by atoms with Gasteiger partial charge in [-0.15, -0.1) is 18.9 Å². The van der Waals surface area contributed by atoms with Gasteiger partial charge in [0.1, 0.15) is 12.1 Å². The second kappa shape index (κ2) is 17.5. The minimum atomic E-state index is -1.12. The standard InChI is InChI=1S/C38H62N6O5/c1-9-11-16-27(30(45)33(47)39-22-10-2)40-32(46)28-17-15-23-44(28)34(48)31(38(8)18-13-12-14-19-38)42-35(49)41-29(36(3,4)5)26-43-24-20-37(6,7)21-25-43/h1,10,27-29,31H,2,11-26H2,3-8H3,(H,39,47)(H,40,46)(H2,41,42,49). The Morgan fingerprint density at radius 1 is 0.939 bits per heavy atom. The Morgan fingerprint density at radius 2 is 1.59 bits per heavy atom. The number of urea groups is 1. The minimum Gasteiger partial charge on any atom is -0.346 e. The molecular formula is C38H62N6O5. The first-order valence-electron chi connectivity index (χ1n) is 18.3. The highest BCUT2D eigenvalue weighted by Crippen LogP contribution is 2.40. The molecule has 4 unspecified atom stereocenters. The first kappa shape index (κ1) is 40.0. The lowest BCUT2D eigenvalue weighted by atomic mass is 9.70. The monoisotopic (exact) mass is 682 g/mol. The van der Waals surface area contributed by atoms with Crippen molar-refractivity contribution in [2.75, 3.05) is 32.7 Å². The van der Waals surface area contributed by atoms with Crippen LogP contribution >= 0.6 is 0 Å². The number of hydrogen-bond acceptors (Lipinski definition) is 6. The van der Waals surface area contributed by atoms with Crippen LogP contribution in [0.15, 0.2) is 12.7 Å². The van der Waals surface area contributed by atoms with Gasteiger partial charge in [-0.1, -0.05) is 66.9 Å². The number of Topliss-reactive ketones (excluding diaryl/α,β-unsaturated/α-hetero) is 1. The van der Waals surface area contributed by atoms with Crippen LogP contribution in [0.5, 0.6) is 0 Å². The van der Waals surface area contributed by atoms with Crippen molar-refractivity contribution in [3.63, 3.8) is 0 Å². The average molecular weight is 683 g/mol. The summed E-state index contributed by atoms with van der Waals surface area (Å²) in [6.07, 6.45) is 14.9. The molecule has 1 aliphatic carbocycles. The highest BCUT2D eigenvalue weighted by Gasteiger charge is 2.47. The third-order valence-electron chi connectivity index (χ3n) is 10.9. The van der Waals surface area contributed by atoms with Gasteiger partial charge >= 0.3 is 6.03 Å². The van der Waals surface area contributed by atoms with E-state index in [1.54, 1.807) is 4.90 Å². The molecule has 2 heterocycles. The first-order valence-corrected chi connectivity index (χ1v) is 18.3. The van der Waals surface area contributed by atoms with Gasteiger partial charge in [0, 0.05) is 32.1 Å². The molecule has 0 aromatic heterocycles. The summed E-state index contributed by atoms with van der Waals surface area (Å²) in [5.41, 5.74) is -0.378. The van der Waals surface area contributed by atoms with E-state index >= 15 is 0 Å². The number of ketones is 1. The Morgan fingerprint density at radius 3 is 2.18 bits per heavy atom. The fourth-order valence-corrected chi connectivity index (χ4v) is 7.29. The lowest BCUT2D eigenvalue weighted by molar-refractivity contribution is -0.144. The molecule has 0 spiro atoms. The van der Waals surface area contributed by atoms with E-state index in [1.165, 1.54) is 6.08 Å². The lowest BCUT2D eigenvalue weighted by Crippen LogP contribution is -2.63. The van der Waals surface area contributed by atoms with E-state index in [1.807, 2.05) is 0 Å². The number of likely N-dealkylation sites (tertiary alicyclic amines) is 2. The van der Waals surface area contributed by atoms with E-state index in [9.17, 15) is 24.0 Å². The average Bonchev–Trinajstić information content (AvgIpc) is 3.54. The Labute approximate surface area is 294 Å². The van der Waals surface area contributed by atoms with Crippen molar-refractivity contribution in [1.82, 2.24) is 31.1 Å². The second-order valence-electron chi connectivity index (χ2n) is 16.5. The van der Waals surface area contributed by atoms with Gasteiger partial charge in [0.2, 0.25) is 17.6 Å². The fraction of sp³-hybridized carbons (Fsp3) is 0.763. The quantitative estimate of drug-likeness (QED) is 0.125. The predicted molar refractivity (Wildman–Crippen MR) is 192 cm³/mol. The molecule has 1 saturated carbocycles. The minimum absolute atomic E-state index is 0.0931. The summed E-state index contributed by atoms with van der Waals surface area (Å²) in [7, 11) is 0. The zero-order chi connectivity index (χ0) is 36.4. The van der Waals surface area contributed by atoms with Gasteiger partial charge in [0.05, 0.1) is 6.04 Å². The van der Waals surface area contributed by atoms with E-state index in [0.717, 1.165) is 64.6 Å². The Hall–Kier alpha value is -3.39. The molecule has 0 aromatic rings. The molecular weight excluding hydrogens is 620 g/mol. The van der Waals surface area contributed by atoms with Gasteiger partial charge in [-0.25, -0.2) is 4.79 Å². The Balaban J connectivity index is 1.78. The first-order chi connectivity index (χ1) is 23.0. The molecule has 2 aliphatic heterocycles. The molecule has 3 aliphatic rings. The summed E-state index contributed by atoms with van der Waals surface area (Å²) in [6.45, 7) is 19.7. The maximum Gasteiger partial charge on any atom is 0.315 e. The fourth-order valence-electron chi connectivity index (χ4n) is 7.29. The number of carbonyl (C=O) groups excluding carboxylic acids is 5. The number of amides is 5. The molecule has 49 heavy (non-hydrogen) atoms. The molecule has 4 N–H and O–H groups in total. The van der Waals surface area contributed by atoms with Gasteiger partial charge in [0.25, 0.3) is 5.91 Å². The van der Waals surface area contributed by atoms with Crippen LogP contribution in [0.4, 0.5) is 4.79 Å². The van der Waals surface area contributed by atoms with Crippen molar-refractivity contribution in [3.8, 4) is 12.3 Å². The van der Waals surface area contributed by atoms with E-state index in [4.69, 9.17) is 6.42 Å². The highest BCUT2D eigenvalue weighted by atomic mass is 16.2. The molecule has 0 bridgehead atoms. The summed E-state index contributed by atoms with van der Waals surface area (Å²) in [4.78, 5) is 71.4. The molecule has 0 radical (unpaired) electrons. The zero-order valence-electron chi connectivity index (χ0n) is 30.9. The molecule has 2 saturated heterocycles. The van der Waals surface area contributed by atoms with Crippen LogP contribution in [0.25, 0.3) is 0 Å². The molecule has 11 heteroatoms. The van der Waals surface area contributed by atoms with Gasteiger partial charge in [-0.2, -0.15) is 0 Å². The SMILES string of the molecule is C#CCCC(NC(=O)C1CCCN1C(=O)C(NC(=O)NC(CN1CCC(C)(C)CC1)C(C)(C)C)C1(C)CCCCC1)C(=O)C(=O)NCC=C.